The molecule has 2 aromatic rings. The van der Waals surface area contributed by atoms with E-state index in [1.807, 2.05) is 18.3 Å². The summed E-state index contributed by atoms with van der Waals surface area (Å²) in [7, 11) is -3.16. The molecule has 9 heteroatoms. The average molecular weight is 382 g/mol. The van der Waals surface area contributed by atoms with Gasteiger partial charge in [0, 0.05) is 43.7 Å². The zero-order valence-corrected chi connectivity index (χ0v) is 16.1. The number of hydrogen-bond acceptors (Lipinski definition) is 6. The summed E-state index contributed by atoms with van der Waals surface area (Å²) in [4.78, 5) is 4.13. The summed E-state index contributed by atoms with van der Waals surface area (Å²) >= 11 is 1.63. The van der Waals surface area contributed by atoms with Crippen LogP contribution >= 0.6 is 11.8 Å². The molecular weight excluding hydrogens is 358 g/mol. The summed E-state index contributed by atoms with van der Waals surface area (Å²) in [5.74, 6) is 1.78. The number of sulfonamides is 1. The first-order valence-electron chi connectivity index (χ1n) is 8.39. The van der Waals surface area contributed by atoms with Crippen molar-refractivity contribution in [2.45, 2.75) is 43.1 Å². The van der Waals surface area contributed by atoms with Gasteiger partial charge in [0.15, 0.2) is 5.16 Å². The minimum absolute atomic E-state index is 0.101. The third-order valence-corrected chi connectivity index (χ3v) is 6.68. The van der Waals surface area contributed by atoms with Gasteiger partial charge >= 0.3 is 0 Å². The summed E-state index contributed by atoms with van der Waals surface area (Å²) in [6, 6.07) is 3.96. The maximum absolute atomic E-state index is 11.9. The van der Waals surface area contributed by atoms with Crippen LogP contribution < -0.4 is 0 Å². The number of aromatic nitrogens is 4. The fraction of sp³-hybridized carbons (Fsp3) is 0.562. The molecule has 0 unspecified atom stereocenters. The van der Waals surface area contributed by atoms with Crippen LogP contribution in [0.2, 0.25) is 0 Å². The van der Waals surface area contributed by atoms with Crippen molar-refractivity contribution in [2.24, 2.45) is 0 Å². The van der Waals surface area contributed by atoms with Crippen LogP contribution in [0.25, 0.3) is 0 Å². The average Bonchev–Trinajstić information content (AvgIpc) is 3.03. The molecule has 0 aliphatic carbocycles. The molecular formula is C16H23N5O2S2. The monoisotopic (exact) mass is 381 g/mol. The molecule has 1 saturated heterocycles. The standard InChI is InChI=1S/C16H23N5O2S2/c1-3-21-15(14-7-5-9-20(11-14)25(2,22)23)18-19-16(21)24-12-13-6-4-8-17-10-13/h4,6,8,10,14H,3,5,7,9,11-12H2,1-2H3/t14-/m1/s1. The highest BCUT2D eigenvalue weighted by atomic mass is 32.2. The Morgan fingerprint density at radius 3 is 2.88 bits per heavy atom. The lowest BCUT2D eigenvalue weighted by atomic mass is 9.99. The Labute approximate surface area is 152 Å². The van der Waals surface area contributed by atoms with Gasteiger partial charge in [0.2, 0.25) is 10.0 Å². The molecule has 0 bridgehead atoms. The molecule has 0 N–H and O–H groups in total. The molecule has 1 fully saturated rings. The van der Waals surface area contributed by atoms with E-state index in [1.54, 1.807) is 22.3 Å². The maximum Gasteiger partial charge on any atom is 0.211 e. The Hall–Kier alpha value is -1.45. The molecule has 3 rings (SSSR count). The summed E-state index contributed by atoms with van der Waals surface area (Å²) in [6.07, 6.45) is 6.68. The number of rotatable bonds is 6. The van der Waals surface area contributed by atoms with Gasteiger partial charge in [0.05, 0.1) is 6.26 Å². The summed E-state index contributed by atoms with van der Waals surface area (Å²) in [6.45, 7) is 3.92. The van der Waals surface area contributed by atoms with Crippen LogP contribution in [0, 0.1) is 0 Å². The zero-order valence-electron chi connectivity index (χ0n) is 14.5. The molecule has 0 amide bonds. The molecule has 0 saturated carbocycles. The Morgan fingerprint density at radius 1 is 1.36 bits per heavy atom. The first kappa shape index (κ1) is 18.3. The van der Waals surface area contributed by atoms with Crippen molar-refractivity contribution in [3.63, 3.8) is 0 Å². The summed E-state index contributed by atoms with van der Waals surface area (Å²) in [5.41, 5.74) is 1.14. The zero-order chi connectivity index (χ0) is 17.9. The lowest BCUT2D eigenvalue weighted by Crippen LogP contribution is -2.39. The second kappa shape index (κ2) is 7.84. The number of thioether (sulfide) groups is 1. The number of nitrogens with zero attached hydrogens (tertiary/aromatic N) is 5. The van der Waals surface area contributed by atoms with E-state index < -0.39 is 10.0 Å². The van der Waals surface area contributed by atoms with E-state index in [2.05, 4.69) is 26.7 Å². The van der Waals surface area contributed by atoms with Crippen LogP contribution in [0.3, 0.4) is 0 Å². The van der Waals surface area contributed by atoms with Gasteiger partial charge in [-0.3, -0.25) is 4.98 Å². The smallest absolute Gasteiger partial charge is 0.211 e. The molecule has 2 aromatic heterocycles. The fourth-order valence-corrected chi connectivity index (χ4v) is 4.95. The number of pyridine rings is 1. The van der Waals surface area contributed by atoms with Crippen molar-refractivity contribution < 1.29 is 8.42 Å². The fourth-order valence-electron chi connectivity index (χ4n) is 3.09. The van der Waals surface area contributed by atoms with Gasteiger partial charge in [0.25, 0.3) is 0 Å². The van der Waals surface area contributed by atoms with Crippen molar-refractivity contribution >= 4 is 21.8 Å². The van der Waals surface area contributed by atoms with Gasteiger partial charge in [-0.25, -0.2) is 12.7 Å². The van der Waals surface area contributed by atoms with Gasteiger partial charge in [-0.05, 0) is 31.4 Å². The molecule has 0 spiro atoms. The largest absolute Gasteiger partial charge is 0.306 e. The van der Waals surface area contributed by atoms with Crippen molar-refractivity contribution in [3.05, 3.63) is 35.9 Å². The normalized spacial score (nSPS) is 19.2. The Kier molecular flexibility index (Phi) is 5.75. The van der Waals surface area contributed by atoms with Crippen LogP contribution in [-0.4, -0.2) is 51.8 Å². The molecule has 0 radical (unpaired) electrons. The van der Waals surface area contributed by atoms with Gasteiger partial charge in [-0.1, -0.05) is 17.8 Å². The first-order valence-corrected chi connectivity index (χ1v) is 11.2. The molecule has 1 aliphatic heterocycles. The van der Waals surface area contributed by atoms with E-state index in [1.165, 1.54) is 6.26 Å². The summed E-state index contributed by atoms with van der Waals surface area (Å²) < 4.78 is 27.4. The van der Waals surface area contributed by atoms with E-state index in [0.29, 0.717) is 13.1 Å². The third kappa shape index (κ3) is 4.39. The Balaban J connectivity index is 1.75. The highest BCUT2D eigenvalue weighted by Gasteiger charge is 2.30. The number of piperidine rings is 1. The molecule has 136 valence electrons. The lowest BCUT2D eigenvalue weighted by molar-refractivity contribution is 0.305. The van der Waals surface area contributed by atoms with Crippen molar-refractivity contribution in [1.82, 2.24) is 24.1 Å². The van der Waals surface area contributed by atoms with Gasteiger partial charge < -0.3 is 4.57 Å². The highest BCUT2D eigenvalue weighted by Crippen LogP contribution is 2.30. The quantitative estimate of drug-likeness (QED) is 0.713. The van der Waals surface area contributed by atoms with Crippen molar-refractivity contribution in [1.29, 1.82) is 0 Å². The molecule has 1 aliphatic rings. The molecule has 1 atom stereocenters. The SMILES string of the molecule is CCn1c(SCc2cccnc2)nnc1[C@@H]1CCCN(S(C)(=O)=O)C1. The minimum atomic E-state index is -3.16. The van der Waals surface area contributed by atoms with Crippen LogP contribution in [0.1, 0.15) is 37.1 Å². The van der Waals surface area contributed by atoms with E-state index in [-0.39, 0.29) is 5.92 Å². The van der Waals surface area contributed by atoms with E-state index >= 15 is 0 Å². The van der Waals surface area contributed by atoms with Gasteiger partial charge in [-0.15, -0.1) is 10.2 Å². The topological polar surface area (TPSA) is 81.0 Å². The van der Waals surface area contributed by atoms with Crippen LogP contribution in [-0.2, 0) is 22.3 Å². The second-order valence-corrected chi connectivity index (χ2v) is 9.12. The third-order valence-electron chi connectivity index (χ3n) is 4.37. The van der Waals surface area contributed by atoms with Crippen molar-refractivity contribution in [2.75, 3.05) is 19.3 Å². The molecule has 3 heterocycles. The lowest BCUT2D eigenvalue weighted by Gasteiger charge is -2.30. The highest BCUT2D eigenvalue weighted by molar-refractivity contribution is 7.98. The van der Waals surface area contributed by atoms with E-state index in [4.69, 9.17) is 0 Å². The molecule has 0 aromatic carbocycles. The van der Waals surface area contributed by atoms with Gasteiger partial charge in [-0.2, -0.15) is 0 Å². The predicted molar refractivity (Wildman–Crippen MR) is 97.9 cm³/mol. The first-order chi connectivity index (χ1) is 12.0. The van der Waals surface area contributed by atoms with Crippen LogP contribution in [0.4, 0.5) is 0 Å². The van der Waals surface area contributed by atoms with E-state index in [0.717, 1.165) is 41.7 Å². The Bertz CT molecular complexity index is 807. The van der Waals surface area contributed by atoms with Crippen LogP contribution in [0.15, 0.2) is 29.7 Å². The van der Waals surface area contributed by atoms with E-state index in [9.17, 15) is 8.42 Å². The molecule has 7 nitrogen and oxygen atoms in total. The minimum Gasteiger partial charge on any atom is -0.306 e. The Morgan fingerprint density at radius 2 is 2.20 bits per heavy atom. The summed E-state index contributed by atoms with van der Waals surface area (Å²) in [5, 5.41) is 9.62. The molecule has 25 heavy (non-hydrogen) atoms. The van der Waals surface area contributed by atoms with Crippen molar-refractivity contribution in [3.8, 4) is 0 Å². The predicted octanol–water partition coefficient (Wildman–Crippen LogP) is 2.12. The van der Waals surface area contributed by atoms with Crippen LogP contribution in [0.5, 0.6) is 0 Å². The number of hydrogen-bond donors (Lipinski definition) is 0. The van der Waals surface area contributed by atoms with Gasteiger partial charge in [0.1, 0.15) is 5.82 Å². The maximum atomic E-state index is 11.9. The second-order valence-electron chi connectivity index (χ2n) is 6.20.